The van der Waals surface area contributed by atoms with E-state index >= 15 is 0 Å². The lowest BCUT2D eigenvalue weighted by molar-refractivity contribution is 0.355. The van der Waals surface area contributed by atoms with Gasteiger partial charge < -0.3 is 0 Å². The van der Waals surface area contributed by atoms with Crippen LogP contribution in [-0.2, 0) is 5.41 Å². The minimum absolute atomic E-state index is 0.00189. The second-order valence-electron chi connectivity index (χ2n) is 14.0. The topological polar surface area (TPSA) is 30.7 Å². The molecule has 2 aliphatic carbocycles. The van der Waals surface area contributed by atoms with E-state index in [2.05, 4.69) is 144 Å². The molecular formula is C46H33N3. The van der Waals surface area contributed by atoms with Gasteiger partial charge in [0.25, 0.3) is 0 Å². The number of nitrogens with zero attached hydrogens (tertiary/aromatic N) is 3. The van der Waals surface area contributed by atoms with Gasteiger partial charge in [0.05, 0.1) is 22.2 Å². The van der Waals surface area contributed by atoms with Gasteiger partial charge in [-0.3, -0.25) is 4.57 Å². The van der Waals surface area contributed by atoms with Crippen molar-refractivity contribution in [2.24, 2.45) is 0 Å². The molecule has 232 valence electrons. The van der Waals surface area contributed by atoms with Gasteiger partial charge >= 0.3 is 0 Å². The van der Waals surface area contributed by atoms with Gasteiger partial charge in [0, 0.05) is 32.5 Å². The average Bonchev–Trinajstić information content (AvgIpc) is 3.65. The summed E-state index contributed by atoms with van der Waals surface area (Å²) >= 11 is 0. The first-order chi connectivity index (χ1) is 24.3. The van der Waals surface area contributed by atoms with Gasteiger partial charge in [-0.1, -0.05) is 141 Å². The van der Waals surface area contributed by atoms with Crippen molar-refractivity contribution in [3.05, 3.63) is 151 Å². The fraction of sp³-hybridized carbons (Fsp3) is 0.130. The molecule has 0 saturated heterocycles. The lowest BCUT2D eigenvalue weighted by Gasteiger charge is -2.36. The van der Waals surface area contributed by atoms with Crippen LogP contribution in [0.2, 0.25) is 0 Å². The summed E-state index contributed by atoms with van der Waals surface area (Å²) in [5, 5.41) is 8.71. The number of hydrogen-bond donors (Lipinski definition) is 0. The van der Waals surface area contributed by atoms with E-state index in [1.165, 1.54) is 92.2 Å². The van der Waals surface area contributed by atoms with Gasteiger partial charge in [-0.15, -0.1) is 0 Å². The van der Waals surface area contributed by atoms with Gasteiger partial charge in [-0.25, -0.2) is 9.97 Å². The zero-order valence-corrected chi connectivity index (χ0v) is 27.2. The summed E-state index contributed by atoms with van der Waals surface area (Å²) in [4.78, 5) is 10.9. The number of rotatable bonds is 2. The summed E-state index contributed by atoms with van der Waals surface area (Å²) in [6.45, 7) is 0. The van der Waals surface area contributed by atoms with E-state index in [9.17, 15) is 0 Å². The molecule has 1 fully saturated rings. The molecule has 0 amide bonds. The summed E-state index contributed by atoms with van der Waals surface area (Å²) in [5.74, 6) is 0.714. The van der Waals surface area contributed by atoms with E-state index in [1.54, 1.807) is 0 Å². The van der Waals surface area contributed by atoms with Crippen LogP contribution in [0.4, 0.5) is 0 Å². The largest absolute Gasteiger partial charge is 0.277 e. The van der Waals surface area contributed by atoms with Gasteiger partial charge in [0.2, 0.25) is 5.95 Å². The maximum absolute atomic E-state index is 5.52. The van der Waals surface area contributed by atoms with Gasteiger partial charge in [0.15, 0.2) is 0 Å². The number of aromatic nitrogens is 3. The van der Waals surface area contributed by atoms with Crippen molar-refractivity contribution in [1.29, 1.82) is 0 Å². The van der Waals surface area contributed by atoms with Crippen LogP contribution < -0.4 is 0 Å². The van der Waals surface area contributed by atoms with E-state index in [0.717, 1.165) is 27.7 Å². The Morgan fingerprint density at radius 3 is 2.12 bits per heavy atom. The zero-order valence-electron chi connectivity index (χ0n) is 27.2. The molecule has 3 heteroatoms. The summed E-state index contributed by atoms with van der Waals surface area (Å²) in [7, 11) is 0. The molecule has 0 N–H and O–H groups in total. The second kappa shape index (κ2) is 10.1. The van der Waals surface area contributed by atoms with Crippen LogP contribution in [0.25, 0.3) is 82.6 Å². The SMILES string of the molecule is c1ccc2c(c1)-c1c(c3c4ccccc4n(-c4nc(-c5ccc6ccccc6c5)c5ccccc5n4)c3c3ccccc13)C21CCCCC1. The smallest absolute Gasteiger partial charge is 0.235 e. The molecule has 9 aromatic rings. The third kappa shape index (κ3) is 3.68. The first-order valence-electron chi connectivity index (χ1n) is 17.6. The van der Waals surface area contributed by atoms with Crippen LogP contribution in [0, 0.1) is 0 Å². The highest BCUT2D eigenvalue weighted by atomic mass is 15.2. The predicted molar refractivity (Wildman–Crippen MR) is 204 cm³/mol. The zero-order chi connectivity index (χ0) is 32.1. The van der Waals surface area contributed by atoms with Gasteiger partial charge in [-0.2, -0.15) is 0 Å². The number of benzene rings is 7. The Balaban J connectivity index is 1.31. The van der Waals surface area contributed by atoms with Crippen LogP contribution in [0.3, 0.4) is 0 Å². The highest BCUT2D eigenvalue weighted by molar-refractivity contribution is 6.25. The second-order valence-corrected chi connectivity index (χ2v) is 14.0. The Morgan fingerprint density at radius 2 is 1.24 bits per heavy atom. The Morgan fingerprint density at radius 1 is 0.551 bits per heavy atom. The van der Waals surface area contributed by atoms with Gasteiger partial charge in [-0.05, 0) is 69.5 Å². The third-order valence-electron chi connectivity index (χ3n) is 11.5. The first-order valence-corrected chi connectivity index (χ1v) is 17.6. The molecular weight excluding hydrogens is 595 g/mol. The Hall–Kier alpha value is -5.80. The minimum Gasteiger partial charge on any atom is -0.277 e. The summed E-state index contributed by atoms with van der Waals surface area (Å²) in [6.07, 6.45) is 6.18. The molecule has 0 bridgehead atoms. The molecule has 1 spiro atoms. The van der Waals surface area contributed by atoms with E-state index in [4.69, 9.17) is 9.97 Å². The highest BCUT2D eigenvalue weighted by Crippen LogP contribution is 2.61. The van der Waals surface area contributed by atoms with Crippen LogP contribution >= 0.6 is 0 Å². The molecule has 49 heavy (non-hydrogen) atoms. The molecule has 3 nitrogen and oxygen atoms in total. The van der Waals surface area contributed by atoms with Crippen LogP contribution in [0.1, 0.15) is 43.2 Å². The predicted octanol–water partition coefficient (Wildman–Crippen LogP) is 11.9. The van der Waals surface area contributed by atoms with Crippen LogP contribution in [0.5, 0.6) is 0 Å². The van der Waals surface area contributed by atoms with Crippen molar-refractivity contribution < 1.29 is 0 Å². The number of hydrogen-bond acceptors (Lipinski definition) is 2. The number of fused-ring (bicyclic) bond motifs is 14. The molecule has 0 unspecified atom stereocenters. The van der Waals surface area contributed by atoms with Gasteiger partial charge in [0.1, 0.15) is 0 Å². The van der Waals surface area contributed by atoms with Crippen molar-refractivity contribution in [3.8, 4) is 28.3 Å². The van der Waals surface area contributed by atoms with Crippen molar-refractivity contribution in [3.63, 3.8) is 0 Å². The van der Waals surface area contributed by atoms with E-state index in [0.29, 0.717) is 5.95 Å². The average molecular weight is 628 g/mol. The Bertz CT molecular complexity index is 2820. The normalized spacial score (nSPS) is 15.1. The summed E-state index contributed by atoms with van der Waals surface area (Å²) in [6, 6.07) is 51.0. The molecule has 2 heterocycles. The van der Waals surface area contributed by atoms with Crippen molar-refractivity contribution in [2.45, 2.75) is 37.5 Å². The molecule has 0 aliphatic heterocycles. The summed E-state index contributed by atoms with van der Waals surface area (Å²) < 4.78 is 2.38. The maximum Gasteiger partial charge on any atom is 0.235 e. The lowest BCUT2D eigenvalue weighted by Crippen LogP contribution is -2.28. The van der Waals surface area contributed by atoms with E-state index in [-0.39, 0.29) is 5.41 Å². The fourth-order valence-electron chi connectivity index (χ4n) is 9.53. The first kappa shape index (κ1) is 27.2. The molecule has 1 saturated carbocycles. The van der Waals surface area contributed by atoms with Crippen LogP contribution in [0.15, 0.2) is 140 Å². The molecule has 11 rings (SSSR count). The standard InChI is InChI=1S/C46H33N3/c1-12-26-46(27-13-1)37-21-9-6-18-34(37)40-32-16-4-5-17-33(32)44-41(42(40)46)36-20-8-11-23-39(36)49(44)45-47-38-22-10-7-19-35(38)43(48-45)31-25-24-29-14-2-3-15-30(29)28-31/h2-11,14-25,28H,1,12-13,26-27H2. The minimum atomic E-state index is 0.00189. The molecule has 2 aliphatic rings. The van der Waals surface area contributed by atoms with Crippen LogP contribution in [-0.4, -0.2) is 14.5 Å². The molecule has 0 atom stereocenters. The lowest BCUT2D eigenvalue weighted by atomic mass is 9.66. The van der Waals surface area contributed by atoms with Crippen molar-refractivity contribution in [2.75, 3.05) is 0 Å². The van der Waals surface area contributed by atoms with E-state index < -0.39 is 0 Å². The Kier molecular flexibility index (Phi) is 5.60. The van der Waals surface area contributed by atoms with Crippen molar-refractivity contribution >= 4 is 54.3 Å². The molecule has 2 aromatic heterocycles. The maximum atomic E-state index is 5.52. The third-order valence-corrected chi connectivity index (χ3v) is 11.5. The molecule has 7 aromatic carbocycles. The van der Waals surface area contributed by atoms with Crippen molar-refractivity contribution in [1.82, 2.24) is 14.5 Å². The monoisotopic (exact) mass is 627 g/mol. The van der Waals surface area contributed by atoms with E-state index in [1.807, 2.05) is 0 Å². The number of para-hydroxylation sites is 2. The fourth-order valence-corrected chi connectivity index (χ4v) is 9.53. The molecule has 0 radical (unpaired) electrons. The summed E-state index contributed by atoms with van der Waals surface area (Å²) in [5.41, 5.74) is 11.2. The Labute approximate surface area is 284 Å². The quantitative estimate of drug-likeness (QED) is 0.191. The highest BCUT2D eigenvalue weighted by Gasteiger charge is 2.46.